The number of carbonyl (C=O) groups excluding carboxylic acids is 1. The lowest BCUT2D eigenvalue weighted by Gasteiger charge is -2.08. The van der Waals surface area contributed by atoms with Gasteiger partial charge < -0.3 is 5.32 Å². The first-order valence-electron chi connectivity index (χ1n) is 10.4. The van der Waals surface area contributed by atoms with Gasteiger partial charge in [0.25, 0.3) is 11.5 Å². The molecule has 1 aromatic carbocycles. The monoisotopic (exact) mass is 483 g/mol. The Labute approximate surface area is 197 Å². The lowest BCUT2D eigenvalue weighted by Crippen LogP contribution is -2.22. The minimum atomic E-state index is -0.555. The van der Waals surface area contributed by atoms with E-state index < -0.39 is 5.82 Å². The molecule has 1 N–H and O–H groups in total. The van der Waals surface area contributed by atoms with Crippen molar-refractivity contribution in [3.05, 3.63) is 91.5 Å². The second-order valence-corrected chi connectivity index (χ2v) is 9.59. The summed E-state index contributed by atoms with van der Waals surface area (Å²) in [7, 11) is 0. The number of carbonyl (C=O) groups is 1. The summed E-state index contributed by atoms with van der Waals surface area (Å²) < 4.78 is 18.1. The molecule has 1 saturated carbocycles. The van der Waals surface area contributed by atoms with Crippen LogP contribution >= 0.6 is 22.9 Å². The topological polar surface area (TPSA) is 81.8 Å². The van der Waals surface area contributed by atoms with Gasteiger partial charge >= 0.3 is 0 Å². The third-order valence-corrected chi connectivity index (χ3v) is 6.88. The average molecular weight is 484 g/mol. The summed E-state index contributed by atoms with van der Waals surface area (Å²) in [6.45, 7) is 0.144. The number of aromatic nitrogens is 4. The highest BCUT2D eigenvalue weighted by molar-refractivity contribution is 7.18. The first kappa shape index (κ1) is 21.5. The van der Waals surface area contributed by atoms with Crippen LogP contribution in [0.5, 0.6) is 0 Å². The SMILES string of the molecule is O=C(NCc1cn(-c2ccc(-n3ccccc3=O)cc2F)nn1)c1cc(CC2CC2)c(Cl)s1. The number of rotatable bonds is 7. The van der Waals surface area contributed by atoms with Crippen LogP contribution < -0.4 is 10.9 Å². The van der Waals surface area contributed by atoms with E-state index in [9.17, 15) is 14.0 Å². The number of nitrogens with one attached hydrogen (secondary N) is 1. The van der Waals surface area contributed by atoms with Crippen LogP contribution in [-0.2, 0) is 13.0 Å². The van der Waals surface area contributed by atoms with Crippen LogP contribution in [0.25, 0.3) is 11.4 Å². The van der Waals surface area contributed by atoms with Crippen LogP contribution in [0, 0.1) is 11.7 Å². The first-order chi connectivity index (χ1) is 16.0. The maximum Gasteiger partial charge on any atom is 0.261 e. The summed E-state index contributed by atoms with van der Waals surface area (Å²) in [4.78, 5) is 25.0. The van der Waals surface area contributed by atoms with Crippen molar-refractivity contribution in [3.63, 3.8) is 0 Å². The minimum Gasteiger partial charge on any atom is -0.346 e. The van der Waals surface area contributed by atoms with Gasteiger partial charge in [0.15, 0.2) is 5.82 Å². The van der Waals surface area contributed by atoms with Crippen LogP contribution in [0.1, 0.15) is 33.8 Å². The molecular formula is C23H19ClFN5O2S. The van der Waals surface area contributed by atoms with Gasteiger partial charge in [0, 0.05) is 18.3 Å². The molecule has 0 spiro atoms. The van der Waals surface area contributed by atoms with E-state index in [1.165, 1.54) is 51.6 Å². The van der Waals surface area contributed by atoms with Crippen LogP contribution in [0.4, 0.5) is 4.39 Å². The normalized spacial score (nSPS) is 13.3. The molecule has 3 aromatic heterocycles. The van der Waals surface area contributed by atoms with Gasteiger partial charge in [0.2, 0.25) is 0 Å². The molecule has 0 unspecified atom stereocenters. The van der Waals surface area contributed by atoms with Crippen LogP contribution in [0.3, 0.4) is 0 Å². The van der Waals surface area contributed by atoms with Gasteiger partial charge in [-0.1, -0.05) is 22.9 Å². The number of pyridine rings is 1. The molecule has 0 radical (unpaired) electrons. The highest BCUT2D eigenvalue weighted by Crippen LogP contribution is 2.37. The zero-order valence-electron chi connectivity index (χ0n) is 17.4. The summed E-state index contributed by atoms with van der Waals surface area (Å²) in [6, 6.07) is 11.0. The Kier molecular flexibility index (Phi) is 5.82. The molecule has 0 saturated heterocycles. The van der Waals surface area contributed by atoms with E-state index in [4.69, 9.17) is 11.6 Å². The Hall–Kier alpha value is -3.30. The number of hydrogen-bond donors (Lipinski definition) is 1. The molecular weight excluding hydrogens is 465 g/mol. The minimum absolute atomic E-state index is 0.144. The van der Waals surface area contributed by atoms with Crippen LogP contribution in [0.2, 0.25) is 4.34 Å². The Morgan fingerprint density at radius 1 is 1.24 bits per heavy atom. The molecule has 0 bridgehead atoms. The molecule has 1 aliphatic carbocycles. The fourth-order valence-corrected chi connectivity index (χ4v) is 4.73. The Balaban J connectivity index is 1.26. The smallest absolute Gasteiger partial charge is 0.261 e. The molecule has 3 heterocycles. The molecule has 1 fully saturated rings. The predicted octanol–water partition coefficient (Wildman–Crippen LogP) is 4.15. The maximum absolute atomic E-state index is 14.7. The van der Waals surface area contributed by atoms with Gasteiger partial charge in [-0.05, 0) is 55.0 Å². The van der Waals surface area contributed by atoms with Gasteiger partial charge in [0.05, 0.1) is 27.6 Å². The van der Waals surface area contributed by atoms with E-state index in [0.29, 0.717) is 26.5 Å². The summed E-state index contributed by atoms with van der Waals surface area (Å²) in [5.41, 5.74) is 1.84. The molecule has 7 nitrogen and oxygen atoms in total. The molecule has 168 valence electrons. The van der Waals surface area contributed by atoms with Gasteiger partial charge in [-0.2, -0.15) is 0 Å². The predicted molar refractivity (Wildman–Crippen MR) is 124 cm³/mol. The third kappa shape index (κ3) is 4.74. The molecule has 1 amide bonds. The molecule has 0 atom stereocenters. The Morgan fingerprint density at radius 2 is 2.09 bits per heavy atom. The number of nitrogens with zero attached hydrogens (tertiary/aromatic N) is 4. The van der Waals surface area contributed by atoms with Crippen LogP contribution in [-0.4, -0.2) is 25.5 Å². The molecule has 10 heteroatoms. The number of thiophene rings is 1. The number of benzene rings is 1. The lowest BCUT2D eigenvalue weighted by atomic mass is 10.1. The molecule has 33 heavy (non-hydrogen) atoms. The molecule has 4 aromatic rings. The van der Waals surface area contributed by atoms with Crippen molar-refractivity contribution in [1.29, 1.82) is 0 Å². The Bertz CT molecular complexity index is 1390. The highest BCUT2D eigenvalue weighted by Gasteiger charge is 2.24. The highest BCUT2D eigenvalue weighted by atomic mass is 35.5. The van der Waals surface area contributed by atoms with Crippen molar-refractivity contribution in [2.24, 2.45) is 5.92 Å². The summed E-state index contributed by atoms with van der Waals surface area (Å²) in [5.74, 6) is -0.103. The van der Waals surface area contributed by atoms with E-state index in [0.717, 1.165) is 12.0 Å². The van der Waals surface area contributed by atoms with Gasteiger partial charge in [-0.3, -0.25) is 14.2 Å². The molecule has 0 aliphatic heterocycles. The van der Waals surface area contributed by atoms with Crippen molar-refractivity contribution >= 4 is 28.8 Å². The Morgan fingerprint density at radius 3 is 2.85 bits per heavy atom. The quantitative estimate of drug-likeness (QED) is 0.428. The van der Waals surface area contributed by atoms with Gasteiger partial charge in [-0.15, -0.1) is 16.4 Å². The zero-order chi connectivity index (χ0) is 22.9. The summed E-state index contributed by atoms with van der Waals surface area (Å²) in [5, 5.41) is 10.8. The van der Waals surface area contributed by atoms with Crippen molar-refractivity contribution in [2.45, 2.75) is 25.8 Å². The van der Waals surface area contributed by atoms with Crippen molar-refractivity contribution < 1.29 is 9.18 Å². The maximum atomic E-state index is 14.7. The van der Waals surface area contributed by atoms with Crippen molar-refractivity contribution in [1.82, 2.24) is 24.9 Å². The van der Waals surface area contributed by atoms with E-state index >= 15 is 0 Å². The van der Waals surface area contributed by atoms with E-state index in [1.807, 2.05) is 6.07 Å². The van der Waals surface area contributed by atoms with Crippen LogP contribution in [0.15, 0.2) is 59.7 Å². The van der Waals surface area contributed by atoms with E-state index in [2.05, 4.69) is 15.6 Å². The summed E-state index contributed by atoms with van der Waals surface area (Å²) in [6.07, 6.45) is 6.48. The van der Waals surface area contributed by atoms with Crippen molar-refractivity contribution in [3.8, 4) is 11.4 Å². The second-order valence-electron chi connectivity index (χ2n) is 7.94. The van der Waals surface area contributed by atoms with Gasteiger partial charge in [0.1, 0.15) is 11.4 Å². The largest absolute Gasteiger partial charge is 0.346 e. The molecule has 1 aliphatic rings. The summed E-state index contributed by atoms with van der Waals surface area (Å²) >= 11 is 7.55. The van der Waals surface area contributed by atoms with Gasteiger partial charge in [-0.25, -0.2) is 9.07 Å². The van der Waals surface area contributed by atoms with E-state index in [1.54, 1.807) is 30.6 Å². The average Bonchev–Trinajstić information content (AvgIpc) is 3.37. The number of amides is 1. The first-order valence-corrected chi connectivity index (χ1v) is 11.6. The third-order valence-electron chi connectivity index (χ3n) is 5.44. The van der Waals surface area contributed by atoms with Crippen molar-refractivity contribution in [2.75, 3.05) is 0 Å². The number of hydrogen-bond acceptors (Lipinski definition) is 5. The zero-order valence-corrected chi connectivity index (χ0v) is 18.9. The standard InChI is InChI=1S/C23H19ClFN5O2S/c24-22-15(9-14-4-5-14)10-20(33-22)23(32)26-12-16-13-30(28-27-16)19-7-6-17(11-18(19)25)29-8-2-1-3-21(29)31/h1-3,6-8,10-11,13-14H,4-5,9,12H2,(H,26,32). The molecule has 5 rings (SSSR count). The lowest BCUT2D eigenvalue weighted by molar-refractivity contribution is 0.0954. The fraction of sp³-hybridized carbons (Fsp3) is 0.217. The fourth-order valence-electron chi connectivity index (χ4n) is 3.52. The second kappa shape index (κ2) is 8.92. The van der Waals surface area contributed by atoms with E-state index in [-0.39, 0.29) is 23.7 Å². The number of halogens is 2.